The van der Waals surface area contributed by atoms with Gasteiger partial charge in [0.05, 0.1) is 11.6 Å². The zero-order valence-electron chi connectivity index (χ0n) is 9.09. The third-order valence-corrected chi connectivity index (χ3v) is 3.63. The molecule has 0 spiro atoms. The number of aromatic amines is 1. The first-order valence-corrected chi connectivity index (χ1v) is 6.13. The zero-order chi connectivity index (χ0) is 13.2. The van der Waals surface area contributed by atoms with Crippen LogP contribution in [0.25, 0.3) is 0 Å². The molecule has 0 aliphatic carbocycles. The van der Waals surface area contributed by atoms with Crippen LogP contribution in [0.15, 0.2) is 6.33 Å². The second kappa shape index (κ2) is 4.53. The molecule has 0 saturated carbocycles. The van der Waals surface area contributed by atoms with Crippen molar-refractivity contribution in [3.05, 3.63) is 17.7 Å². The van der Waals surface area contributed by atoms with Crippen molar-refractivity contribution in [3.8, 4) is 0 Å². The number of carboxylic acid groups (broad SMARTS) is 1. The summed E-state index contributed by atoms with van der Waals surface area (Å²) in [5, 5.41) is 7.90. The largest absolute Gasteiger partial charge is 0.477 e. The number of H-pyrrole nitrogens is 1. The average Bonchev–Trinajstić information content (AvgIpc) is 2.64. The lowest BCUT2D eigenvalue weighted by molar-refractivity contribution is 0.0685. The number of sulfonamides is 1. The summed E-state index contributed by atoms with van der Waals surface area (Å²) >= 11 is 0. The summed E-state index contributed by atoms with van der Waals surface area (Å²) in [6, 6.07) is 0. The fourth-order valence-corrected chi connectivity index (χ4v) is 1.52. The number of rotatable bonds is 4. The van der Waals surface area contributed by atoms with E-state index in [-0.39, 0.29) is 0 Å². The van der Waals surface area contributed by atoms with E-state index in [0.717, 1.165) is 6.33 Å². The fraction of sp³-hybridized carbons (Fsp3) is 0.375. The number of nitrogens with zero attached hydrogens (tertiary/aromatic N) is 1. The van der Waals surface area contributed by atoms with Crippen molar-refractivity contribution in [2.24, 2.45) is 0 Å². The number of hydrogen-bond acceptors (Lipinski definition) is 5. The standard InChI is InChI=1S/C8H11N3O5S/c1-4(2)17(15,16)11-7(12)5-6(8(13)14)10-3-9-5/h3-4H,1-2H3,(H,9,10)(H,11,12)(H,13,14). The van der Waals surface area contributed by atoms with Gasteiger partial charge in [-0.3, -0.25) is 4.79 Å². The van der Waals surface area contributed by atoms with E-state index in [0.29, 0.717) is 0 Å². The monoisotopic (exact) mass is 261 g/mol. The van der Waals surface area contributed by atoms with Gasteiger partial charge in [0.25, 0.3) is 5.91 Å². The van der Waals surface area contributed by atoms with Crippen molar-refractivity contribution in [1.29, 1.82) is 0 Å². The number of imidazole rings is 1. The maximum Gasteiger partial charge on any atom is 0.354 e. The molecular weight excluding hydrogens is 250 g/mol. The number of hydrogen-bond donors (Lipinski definition) is 3. The normalized spacial score (nSPS) is 11.5. The second-order valence-electron chi connectivity index (χ2n) is 3.46. The smallest absolute Gasteiger partial charge is 0.354 e. The molecule has 1 heterocycles. The zero-order valence-corrected chi connectivity index (χ0v) is 9.91. The Balaban J connectivity index is 2.99. The molecule has 3 N–H and O–H groups in total. The molecule has 0 aromatic carbocycles. The van der Waals surface area contributed by atoms with Crippen LogP contribution in [-0.2, 0) is 10.0 Å². The molecule has 1 amide bonds. The molecule has 17 heavy (non-hydrogen) atoms. The lowest BCUT2D eigenvalue weighted by Gasteiger charge is -2.08. The summed E-state index contributed by atoms with van der Waals surface area (Å²) in [5.74, 6) is -2.47. The number of aromatic nitrogens is 2. The van der Waals surface area contributed by atoms with Crippen LogP contribution in [0.2, 0.25) is 0 Å². The fourth-order valence-electron chi connectivity index (χ4n) is 0.925. The molecule has 1 rings (SSSR count). The van der Waals surface area contributed by atoms with Crippen molar-refractivity contribution in [2.45, 2.75) is 19.1 Å². The highest BCUT2D eigenvalue weighted by atomic mass is 32.2. The molecule has 0 saturated heterocycles. The number of amides is 1. The minimum absolute atomic E-state index is 0.457. The highest BCUT2D eigenvalue weighted by Gasteiger charge is 2.25. The van der Waals surface area contributed by atoms with Crippen molar-refractivity contribution < 1.29 is 23.1 Å². The van der Waals surface area contributed by atoms with Crippen molar-refractivity contribution in [3.63, 3.8) is 0 Å². The average molecular weight is 261 g/mol. The molecule has 8 nitrogen and oxygen atoms in total. The first kappa shape index (κ1) is 13.2. The van der Waals surface area contributed by atoms with Crippen molar-refractivity contribution in [2.75, 3.05) is 0 Å². The molecule has 1 aromatic rings. The third-order valence-electron chi connectivity index (χ3n) is 1.92. The highest BCUT2D eigenvalue weighted by Crippen LogP contribution is 2.04. The quantitative estimate of drug-likeness (QED) is 0.674. The Kier molecular flexibility index (Phi) is 3.51. The van der Waals surface area contributed by atoms with E-state index in [1.54, 1.807) is 4.72 Å². The summed E-state index contributed by atoms with van der Waals surface area (Å²) in [4.78, 5) is 27.9. The van der Waals surface area contributed by atoms with Gasteiger partial charge in [-0.05, 0) is 13.8 Å². The predicted octanol–water partition coefficient (Wildman–Crippen LogP) is -0.424. The SMILES string of the molecule is CC(C)S(=O)(=O)NC(=O)c1nc[nH]c1C(=O)O. The third kappa shape index (κ3) is 2.81. The lowest BCUT2D eigenvalue weighted by atomic mass is 10.3. The molecule has 0 unspecified atom stereocenters. The van der Waals surface area contributed by atoms with Gasteiger partial charge in [0.2, 0.25) is 10.0 Å². The van der Waals surface area contributed by atoms with E-state index in [1.165, 1.54) is 13.8 Å². The minimum atomic E-state index is -3.81. The summed E-state index contributed by atoms with van der Waals surface area (Å²) in [6.45, 7) is 2.77. The van der Waals surface area contributed by atoms with Crippen LogP contribution in [0.3, 0.4) is 0 Å². The molecule has 0 bridgehead atoms. The predicted molar refractivity (Wildman–Crippen MR) is 57.1 cm³/mol. The molecule has 0 radical (unpaired) electrons. The summed E-state index contributed by atoms with van der Waals surface area (Å²) in [7, 11) is -3.81. The highest BCUT2D eigenvalue weighted by molar-refractivity contribution is 7.90. The van der Waals surface area contributed by atoms with Crippen LogP contribution in [0.4, 0.5) is 0 Å². The maximum atomic E-state index is 11.5. The van der Waals surface area contributed by atoms with Gasteiger partial charge in [0.1, 0.15) is 0 Å². The number of carbonyl (C=O) groups excluding carboxylic acids is 1. The Bertz CT molecular complexity index is 545. The van der Waals surface area contributed by atoms with Crippen molar-refractivity contribution >= 4 is 21.9 Å². The van der Waals surface area contributed by atoms with Crippen LogP contribution in [0, 0.1) is 0 Å². The molecular formula is C8H11N3O5S. The maximum absolute atomic E-state index is 11.5. The molecule has 0 atom stereocenters. The topological polar surface area (TPSA) is 129 Å². The van der Waals surface area contributed by atoms with Gasteiger partial charge in [-0.15, -0.1) is 0 Å². The van der Waals surface area contributed by atoms with E-state index in [2.05, 4.69) is 9.97 Å². The molecule has 9 heteroatoms. The van der Waals surface area contributed by atoms with Crippen LogP contribution in [-0.4, -0.2) is 40.6 Å². The first-order valence-electron chi connectivity index (χ1n) is 4.58. The van der Waals surface area contributed by atoms with Gasteiger partial charge < -0.3 is 10.1 Å². The Morgan fingerprint density at radius 1 is 1.47 bits per heavy atom. The molecule has 1 aromatic heterocycles. The van der Waals surface area contributed by atoms with E-state index >= 15 is 0 Å². The van der Waals surface area contributed by atoms with Crippen LogP contribution in [0.5, 0.6) is 0 Å². The molecule has 0 aliphatic rings. The van der Waals surface area contributed by atoms with Crippen LogP contribution < -0.4 is 4.72 Å². The second-order valence-corrected chi connectivity index (χ2v) is 5.69. The number of nitrogens with one attached hydrogen (secondary N) is 2. The van der Waals surface area contributed by atoms with Gasteiger partial charge >= 0.3 is 5.97 Å². The molecule has 0 aliphatic heterocycles. The lowest BCUT2D eigenvalue weighted by Crippen LogP contribution is -2.36. The number of aromatic carboxylic acids is 1. The Hall–Kier alpha value is -1.90. The van der Waals surface area contributed by atoms with Gasteiger partial charge in [-0.1, -0.05) is 0 Å². The Morgan fingerprint density at radius 2 is 2.06 bits per heavy atom. The number of carbonyl (C=O) groups is 2. The van der Waals surface area contributed by atoms with E-state index in [4.69, 9.17) is 5.11 Å². The van der Waals surface area contributed by atoms with E-state index in [1.807, 2.05) is 0 Å². The summed E-state index contributed by atoms with van der Waals surface area (Å²) in [6.07, 6.45) is 1.00. The summed E-state index contributed by atoms with van der Waals surface area (Å²) in [5.41, 5.74) is -0.928. The molecule has 94 valence electrons. The molecule has 0 fully saturated rings. The van der Waals surface area contributed by atoms with Crippen LogP contribution in [0.1, 0.15) is 34.8 Å². The van der Waals surface area contributed by atoms with E-state index in [9.17, 15) is 18.0 Å². The van der Waals surface area contributed by atoms with Gasteiger partial charge in [0, 0.05) is 0 Å². The summed E-state index contributed by atoms with van der Waals surface area (Å²) < 4.78 is 24.5. The van der Waals surface area contributed by atoms with Gasteiger partial charge in [-0.2, -0.15) is 0 Å². The van der Waals surface area contributed by atoms with Gasteiger partial charge in [-0.25, -0.2) is 22.9 Å². The Labute approximate surface area is 97.1 Å². The number of carboxylic acids is 1. The van der Waals surface area contributed by atoms with Gasteiger partial charge in [0.15, 0.2) is 11.4 Å². The van der Waals surface area contributed by atoms with Crippen molar-refractivity contribution in [1.82, 2.24) is 14.7 Å². The first-order chi connectivity index (χ1) is 7.75. The van der Waals surface area contributed by atoms with Crippen LogP contribution >= 0.6 is 0 Å². The minimum Gasteiger partial charge on any atom is -0.477 e. The van der Waals surface area contributed by atoms with E-state index < -0.39 is 38.5 Å². The Morgan fingerprint density at radius 3 is 2.53 bits per heavy atom.